The van der Waals surface area contributed by atoms with Crippen LogP contribution in [0.3, 0.4) is 0 Å². The number of benzene rings is 2. The van der Waals surface area contributed by atoms with E-state index in [4.69, 9.17) is 0 Å². The maximum atomic E-state index is 11.6. The van der Waals surface area contributed by atoms with Gasteiger partial charge in [0, 0.05) is 40.5 Å². The Labute approximate surface area is 134 Å². The molecule has 114 valence electrons. The molecule has 2 nitrogen and oxygen atoms in total. The van der Waals surface area contributed by atoms with Crippen LogP contribution in [0.5, 0.6) is 0 Å². The summed E-state index contributed by atoms with van der Waals surface area (Å²) < 4.78 is 11.6. The molecule has 0 aromatic heterocycles. The molecule has 1 saturated heterocycles. The van der Waals surface area contributed by atoms with E-state index in [9.17, 15) is 4.21 Å². The van der Waals surface area contributed by atoms with Gasteiger partial charge in [-0.05, 0) is 48.2 Å². The standard InChI is InChI=1S/C19H21NOS/c1-22(21)15-10-8-14(9-11-15)18-13-20-12-4-7-19(20)17-6-3-2-5-16(17)18/h2-3,5-6,8-11,18-19H,4,7,12-13H2,1H3/t18-,19-,22?/m0/s1. The number of fused-ring (bicyclic) bond motifs is 3. The predicted molar refractivity (Wildman–Crippen MR) is 90.6 cm³/mol. The fourth-order valence-electron chi connectivity index (χ4n) is 4.04. The second-order valence-electron chi connectivity index (χ2n) is 6.36. The van der Waals surface area contributed by atoms with Crippen LogP contribution in [0.1, 0.15) is 41.5 Å². The molecule has 1 fully saturated rings. The number of hydrogen-bond acceptors (Lipinski definition) is 2. The van der Waals surface area contributed by atoms with E-state index in [1.165, 1.54) is 36.1 Å². The van der Waals surface area contributed by atoms with Crippen molar-refractivity contribution in [3.8, 4) is 0 Å². The van der Waals surface area contributed by atoms with Crippen molar-refractivity contribution in [3.63, 3.8) is 0 Å². The second-order valence-corrected chi connectivity index (χ2v) is 7.74. The monoisotopic (exact) mass is 311 g/mol. The maximum Gasteiger partial charge on any atom is 0.0498 e. The van der Waals surface area contributed by atoms with Crippen molar-refractivity contribution in [2.24, 2.45) is 0 Å². The molecule has 0 radical (unpaired) electrons. The van der Waals surface area contributed by atoms with Crippen LogP contribution in [0, 0.1) is 0 Å². The van der Waals surface area contributed by atoms with Gasteiger partial charge in [0.2, 0.25) is 0 Å². The van der Waals surface area contributed by atoms with E-state index in [0.29, 0.717) is 12.0 Å². The molecule has 0 bridgehead atoms. The molecular formula is C19H21NOS. The van der Waals surface area contributed by atoms with Gasteiger partial charge in [-0.2, -0.15) is 0 Å². The van der Waals surface area contributed by atoms with Gasteiger partial charge in [0.1, 0.15) is 0 Å². The average Bonchev–Trinajstić information content (AvgIpc) is 3.03. The van der Waals surface area contributed by atoms with Gasteiger partial charge in [-0.1, -0.05) is 36.4 Å². The van der Waals surface area contributed by atoms with Crippen LogP contribution in [-0.4, -0.2) is 28.5 Å². The molecule has 3 heteroatoms. The summed E-state index contributed by atoms with van der Waals surface area (Å²) >= 11 is 0. The fourth-order valence-corrected chi connectivity index (χ4v) is 4.56. The SMILES string of the molecule is CS(=O)c1ccc([C@@H]2CN3CCC[C@H]3c3ccccc32)cc1. The molecular weight excluding hydrogens is 290 g/mol. The Hall–Kier alpha value is -1.45. The van der Waals surface area contributed by atoms with Crippen LogP contribution in [0.2, 0.25) is 0 Å². The third-order valence-corrected chi connectivity index (χ3v) is 6.06. The van der Waals surface area contributed by atoms with Gasteiger partial charge in [0.25, 0.3) is 0 Å². The largest absolute Gasteiger partial charge is 0.295 e. The first-order valence-corrected chi connectivity index (χ1v) is 9.56. The van der Waals surface area contributed by atoms with E-state index in [1.54, 1.807) is 6.26 Å². The van der Waals surface area contributed by atoms with E-state index in [2.05, 4.69) is 41.3 Å². The van der Waals surface area contributed by atoms with Crippen LogP contribution in [0.25, 0.3) is 0 Å². The van der Waals surface area contributed by atoms with Crippen LogP contribution < -0.4 is 0 Å². The molecule has 4 rings (SSSR count). The summed E-state index contributed by atoms with van der Waals surface area (Å²) in [4.78, 5) is 3.55. The van der Waals surface area contributed by atoms with Crippen LogP contribution in [0.15, 0.2) is 53.4 Å². The highest BCUT2D eigenvalue weighted by molar-refractivity contribution is 7.84. The lowest BCUT2D eigenvalue weighted by Gasteiger charge is -2.37. The van der Waals surface area contributed by atoms with E-state index < -0.39 is 10.8 Å². The third kappa shape index (κ3) is 2.33. The van der Waals surface area contributed by atoms with Crippen molar-refractivity contribution in [3.05, 3.63) is 65.2 Å². The van der Waals surface area contributed by atoms with Gasteiger partial charge >= 0.3 is 0 Å². The summed E-state index contributed by atoms with van der Waals surface area (Å²) in [6.45, 7) is 2.32. The Bertz CT molecular complexity index is 710. The number of hydrogen-bond donors (Lipinski definition) is 0. The Morgan fingerprint density at radius 1 is 1.05 bits per heavy atom. The Balaban J connectivity index is 1.75. The molecule has 3 atom stereocenters. The highest BCUT2D eigenvalue weighted by Gasteiger charge is 2.35. The van der Waals surface area contributed by atoms with Gasteiger partial charge in [-0.25, -0.2) is 0 Å². The van der Waals surface area contributed by atoms with Gasteiger partial charge in [-0.15, -0.1) is 0 Å². The van der Waals surface area contributed by atoms with Gasteiger partial charge in [-0.3, -0.25) is 9.11 Å². The van der Waals surface area contributed by atoms with Crippen LogP contribution >= 0.6 is 0 Å². The van der Waals surface area contributed by atoms with Crippen molar-refractivity contribution >= 4 is 10.8 Å². The normalized spacial score (nSPS) is 25.5. The minimum atomic E-state index is -0.902. The van der Waals surface area contributed by atoms with Gasteiger partial charge < -0.3 is 0 Å². The van der Waals surface area contributed by atoms with E-state index >= 15 is 0 Å². The van der Waals surface area contributed by atoms with Gasteiger partial charge in [0.05, 0.1) is 0 Å². The molecule has 2 aromatic rings. The molecule has 0 saturated carbocycles. The van der Waals surface area contributed by atoms with E-state index in [1.807, 2.05) is 12.1 Å². The predicted octanol–water partition coefficient (Wildman–Crippen LogP) is 3.71. The molecule has 22 heavy (non-hydrogen) atoms. The topological polar surface area (TPSA) is 20.3 Å². The first-order chi connectivity index (χ1) is 10.7. The summed E-state index contributed by atoms with van der Waals surface area (Å²) in [5, 5.41) is 0. The van der Waals surface area contributed by atoms with Crippen molar-refractivity contribution in [1.82, 2.24) is 4.90 Å². The maximum absolute atomic E-state index is 11.6. The van der Waals surface area contributed by atoms with Gasteiger partial charge in [0.15, 0.2) is 0 Å². The summed E-state index contributed by atoms with van der Waals surface area (Å²) in [6, 6.07) is 17.9. The third-order valence-electron chi connectivity index (χ3n) is 5.13. The quantitative estimate of drug-likeness (QED) is 0.843. The zero-order chi connectivity index (χ0) is 15.1. The van der Waals surface area contributed by atoms with E-state index in [-0.39, 0.29) is 0 Å². The van der Waals surface area contributed by atoms with Crippen LogP contribution in [0.4, 0.5) is 0 Å². The summed E-state index contributed by atoms with van der Waals surface area (Å²) in [5.74, 6) is 0.435. The highest BCUT2D eigenvalue weighted by atomic mass is 32.2. The molecule has 0 spiro atoms. The summed E-state index contributed by atoms with van der Waals surface area (Å²) in [5.41, 5.74) is 4.34. The first-order valence-electron chi connectivity index (χ1n) is 8.00. The zero-order valence-electron chi connectivity index (χ0n) is 12.9. The van der Waals surface area contributed by atoms with E-state index in [0.717, 1.165) is 11.4 Å². The molecule has 0 aliphatic carbocycles. The lowest BCUT2D eigenvalue weighted by molar-refractivity contribution is 0.230. The molecule has 2 aromatic carbocycles. The van der Waals surface area contributed by atoms with Crippen molar-refractivity contribution in [2.75, 3.05) is 19.3 Å². The van der Waals surface area contributed by atoms with Crippen molar-refractivity contribution in [2.45, 2.75) is 29.7 Å². The smallest absolute Gasteiger partial charge is 0.0498 e. The average molecular weight is 311 g/mol. The molecule has 1 unspecified atom stereocenters. The summed E-state index contributed by atoms with van der Waals surface area (Å²) in [6.07, 6.45) is 4.33. The number of rotatable bonds is 2. The lowest BCUT2D eigenvalue weighted by atomic mass is 9.82. The number of nitrogens with zero attached hydrogens (tertiary/aromatic N) is 1. The van der Waals surface area contributed by atoms with Crippen molar-refractivity contribution in [1.29, 1.82) is 0 Å². The fraction of sp³-hybridized carbons (Fsp3) is 0.368. The molecule has 0 amide bonds. The Morgan fingerprint density at radius 3 is 2.50 bits per heavy atom. The minimum absolute atomic E-state index is 0.435. The van der Waals surface area contributed by atoms with Crippen molar-refractivity contribution < 1.29 is 4.21 Å². The first kappa shape index (κ1) is 14.2. The summed E-state index contributed by atoms with van der Waals surface area (Å²) in [7, 11) is -0.902. The lowest BCUT2D eigenvalue weighted by Crippen LogP contribution is -2.34. The zero-order valence-corrected chi connectivity index (χ0v) is 13.7. The molecule has 0 N–H and O–H groups in total. The molecule has 2 aliphatic heterocycles. The highest BCUT2D eigenvalue weighted by Crippen LogP contribution is 2.43. The minimum Gasteiger partial charge on any atom is -0.295 e. The van der Waals surface area contributed by atoms with Crippen LogP contribution in [-0.2, 0) is 10.8 Å². The molecule has 2 heterocycles. The Kier molecular flexibility index (Phi) is 3.63. The second kappa shape index (κ2) is 5.64. The molecule has 2 aliphatic rings. The Morgan fingerprint density at radius 2 is 1.77 bits per heavy atom.